The Morgan fingerprint density at radius 1 is 1.41 bits per heavy atom. The van der Waals surface area contributed by atoms with Crippen LogP contribution < -0.4 is 0 Å². The maximum absolute atomic E-state index is 11.7. The molecular weight excluding hydrogens is 252 g/mol. The average molecular weight is 268 g/mol. The SMILES string of the molecule is O=C1CC(S)CN1Cc1nc2c(s1)CCCC2. The first-order chi connectivity index (χ1) is 8.22. The van der Waals surface area contributed by atoms with Gasteiger partial charge < -0.3 is 4.90 Å². The van der Waals surface area contributed by atoms with Crippen molar-refractivity contribution in [2.45, 2.75) is 43.9 Å². The molecule has 5 heteroatoms. The van der Waals surface area contributed by atoms with Gasteiger partial charge in [-0.25, -0.2) is 4.98 Å². The molecule has 1 amide bonds. The maximum Gasteiger partial charge on any atom is 0.224 e. The highest BCUT2D eigenvalue weighted by atomic mass is 32.1. The van der Waals surface area contributed by atoms with Crippen LogP contribution in [0.25, 0.3) is 0 Å². The zero-order valence-corrected chi connectivity index (χ0v) is 11.4. The van der Waals surface area contributed by atoms with Gasteiger partial charge in [-0.3, -0.25) is 4.79 Å². The molecule has 1 unspecified atom stereocenters. The Labute approximate surface area is 111 Å². The molecule has 0 bridgehead atoms. The second-order valence-electron chi connectivity index (χ2n) is 4.82. The lowest BCUT2D eigenvalue weighted by atomic mass is 10.0. The molecule has 1 aliphatic carbocycles. The molecule has 1 saturated heterocycles. The van der Waals surface area contributed by atoms with Crippen molar-refractivity contribution in [3.05, 3.63) is 15.6 Å². The summed E-state index contributed by atoms with van der Waals surface area (Å²) in [5, 5.41) is 1.31. The van der Waals surface area contributed by atoms with Crippen molar-refractivity contribution in [1.29, 1.82) is 0 Å². The Morgan fingerprint density at radius 3 is 2.94 bits per heavy atom. The predicted molar refractivity (Wildman–Crippen MR) is 71.6 cm³/mol. The van der Waals surface area contributed by atoms with Gasteiger partial charge in [0.2, 0.25) is 5.91 Å². The van der Waals surface area contributed by atoms with Crippen molar-refractivity contribution >= 4 is 29.9 Å². The number of likely N-dealkylation sites (tertiary alicyclic amines) is 1. The van der Waals surface area contributed by atoms with E-state index in [1.165, 1.54) is 29.8 Å². The molecule has 92 valence electrons. The van der Waals surface area contributed by atoms with Gasteiger partial charge in [0.1, 0.15) is 5.01 Å². The second kappa shape index (κ2) is 4.61. The van der Waals surface area contributed by atoms with Crippen molar-refractivity contribution in [1.82, 2.24) is 9.88 Å². The van der Waals surface area contributed by atoms with Gasteiger partial charge in [0.25, 0.3) is 0 Å². The van der Waals surface area contributed by atoms with Crippen molar-refractivity contribution in [3.63, 3.8) is 0 Å². The third-order valence-corrected chi connectivity index (χ3v) is 4.90. The van der Waals surface area contributed by atoms with Gasteiger partial charge in [-0.2, -0.15) is 12.6 Å². The fourth-order valence-corrected chi connectivity index (χ4v) is 4.07. The normalized spacial score (nSPS) is 24.2. The molecule has 1 atom stereocenters. The van der Waals surface area contributed by atoms with Crippen LogP contribution in [0.15, 0.2) is 0 Å². The number of carbonyl (C=O) groups is 1. The minimum Gasteiger partial charge on any atom is -0.335 e. The largest absolute Gasteiger partial charge is 0.335 e. The summed E-state index contributed by atoms with van der Waals surface area (Å²) in [5.74, 6) is 0.221. The first-order valence-corrected chi connectivity index (χ1v) is 7.49. The summed E-state index contributed by atoms with van der Waals surface area (Å²) in [6, 6.07) is 0. The molecule has 17 heavy (non-hydrogen) atoms. The van der Waals surface area contributed by atoms with Crippen LogP contribution in [0.1, 0.15) is 34.8 Å². The van der Waals surface area contributed by atoms with Crippen molar-refractivity contribution in [2.75, 3.05) is 6.54 Å². The number of nitrogens with zero attached hydrogens (tertiary/aromatic N) is 2. The smallest absolute Gasteiger partial charge is 0.224 e. The van der Waals surface area contributed by atoms with Gasteiger partial charge in [-0.1, -0.05) is 0 Å². The zero-order valence-electron chi connectivity index (χ0n) is 9.69. The molecule has 0 saturated carbocycles. The number of hydrogen-bond acceptors (Lipinski definition) is 4. The van der Waals surface area contributed by atoms with E-state index in [0.717, 1.165) is 18.0 Å². The predicted octanol–water partition coefficient (Wildman–Crippen LogP) is 2.05. The first-order valence-electron chi connectivity index (χ1n) is 6.15. The van der Waals surface area contributed by atoms with Gasteiger partial charge >= 0.3 is 0 Å². The molecule has 1 aliphatic heterocycles. The van der Waals surface area contributed by atoms with E-state index in [-0.39, 0.29) is 11.2 Å². The summed E-state index contributed by atoms with van der Waals surface area (Å²) < 4.78 is 0. The number of aryl methyl sites for hydroxylation is 2. The Kier molecular flexibility index (Phi) is 3.13. The Hall–Kier alpha value is -0.550. The average Bonchev–Trinajstić information content (AvgIpc) is 2.82. The highest BCUT2D eigenvalue weighted by Crippen LogP contribution is 2.28. The Bertz CT molecular complexity index is 420. The molecular formula is C12H16N2OS2. The lowest BCUT2D eigenvalue weighted by molar-refractivity contribution is -0.128. The molecule has 3 nitrogen and oxygen atoms in total. The molecule has 1 aromatic heterocycles. The molecule has 2 heterocycles. The van der Waals surface area contributed by atoms with Crippen LogP contribution in [0.5, 0.6) is 0 Å². The monoisotopic (exact) mass is 268 g/mol. The van der Waals surface area contributed by atoms with Crippen molar-refractivity contribution < 1.29 is 4.79 Å². The van der Waals surface area contributed by atoms with Crippen LogP contribution in [-0.4, -0.2) is 27.6 Å². The van der Waals surface area contributed by atoms with E-state index in [1.807, 2.05) is 4.90 Å². The number of fused-ring (bicyclic) bond motifs is 1. The summed E-state index contributed by atoms with van der Waals surface area (Å²) in [5.41, 5.74) is 1.28. The molecule has 1 aromatic rings. The van der Waals surface area contributed by atoms with E-state index in [2.05, 4.69) is 17.6 Å². The van der Waals surface area contributed by atoms with Gasteiger partial charge in [0.05, 0.1) is 12.2 Å². The van der Waals surface area contributed by atoms with E-state index in [1.54, 1.807) is 11.3 Å². The summed E-state index contributed by atoms with van der Waals surface area (Å²) >= 11 is 6.17. The van der Waals surface area contributed by atoms with Gasteiger partial charge in [0.15, 0.2) is 0 Å². The van der Waals surface area contributed by atoms with Gasteiger partial charge in [0, 0.05) is 23.1 Å². The van der Waals surface area contributed by atoms with Crippen LogP contribution in [0.2, 0.25) is 0 Å². The highest BCUT2D eigenvalue weighted by molar-refractivity contribution is 7.81. The van der Waals surface area contributed by atoms with Crippen LogP contribution in [0, 0.1) is 0 Å². The van der Waals surface area contributed by atoms with Gasteiger partial charge in [-0.15, -0.1) is 11.3 Å². The first kappa shape index (κ1) is 11.5. The minimum atomic E-state index is 0.206. The second-order valence-corrected chi connectivity index (χ2v) is 6.72. The number of rotatable bonds is 2. The minimum absolute atomic E-state index is 0.206. The van der Waals surface area contributed by atoms with E-state index in [4.69, 9.17) is 0 Å². The standard InChI is InChI=1S/C12H16N2OS2/c15-12-5-8(16)6-14(12)7-11-13-9-3-1-2-4-10(9)17-11/h8,16H,1-7H2. The van der Waals surface area contributed by atoms with E-state index in [0.29, 0.717) is 13.0 Å². The van der Waals surface area contributed by atoms with Crippen LogP contribution in [-0.2, 0) is 24.2 Å². The molecule has 3 rings (SSSR count). The molecule has 1 fully saturated rings. The number of amides is 1. The summed E-state index contributed by atoms with van der Waals surface area (Å²) in [6.07, 6.45) is 5.42. The lowest BCUT2D eigenvalue weighted by Gasteiger charge is -2.13. The number of thiol groups is 1. The quantitative estimate of drug-likeness (QED) is 0.833. The summed E-state index contributed by atoms with van der Waals surface area (Å²) in [4.78, 5) is 19.7. The fourth-order valence-electron chi connectivity index (χ4n) is 2.54. The molecule has 0 radical (unpaired) electrons. The lowest BCUT2D eigenvalue weighted by Crippen LogP contribution is -2.24. The van der Waals surface area contributed by atoms with Crippen LogP contribution >= 0.6 is 24.0 Å². The molecule has 2 aliphatic rings. The molecule has 0 N–H and O–H groups in total. The maximum atomic E-state index is 11.7. The number of aromatic nitrogens is 1. The summed E-state index contributed by atoms with van der Waals surface area (Å²) in [7, 11) is 0. The zero-order chi connectivity index (χ0) is 11.8. The van der Waals surface area contributed by atoms with Crippen LogP contribution in [0.3, 0.4) is 0 Å². The van der Waals surface area contributed by atoms with Gasteiger partial charge in [-0.05, 0) is 25.7 Å². The molecule has 0 aromatic carbocycles. The van der Waals surface area contributed by atoms with E-state index in [9.17, 15) is 4.79 Å². The highest BCUT2D eigenvalue weighted by Gasteiger charge is 2.28. The van der Waals surface area contributed by atoms with Crippen LogP contribution in [0.4, 0.5) is 0 Å². The van der Waals surface area contributed by atoms with Crippen molar-refractivity contribution in [3.8, 4) is 0 Å². The van der Waals surface area contributed by atoms with E-state index >= 15 is 0 Å². The Balaban J connectivity index is 1.73. The van der Waals surface area contributed by atoms with Crippen molar-refractivity contribution in [2.24, 2.45) is 0 Å². The fraction of sp³-hybridized carbons (Fsp3) is 0.667. The number of thiazole rings is 1. The number of hydrogen-bond donors (Lipinski definition) is 1. The summed E-state index contributed by atoms with van der Waals surface area (Å²) in [6.45, 7) is 1.46. The number of carbonyl (C=O) groups excluding carboxylic acids is 1. The molecule has 0 spiro atoms. The van der Waals surface area contributed by atoms with E-state index < -0.39 is 0 Å². The Morgan fingerprint density at radius 2 is 2.24 bits per heavy atom. The third-order valence-electron chi connectivity index (χ3n) is 3.41. The topological polar surface area (TPSA) is 33.2 Å². The third kappa shape index (κ3) is 2.36.